The van der Waals surface area contributed by atoms with Gasteiger partial charge in [0.25, 0.3) is 5.91 Å². The van der Waals surface area contributed by atoms with Crippen LogP contribution in [0.1, 0.15) is 39.9 Å². The van der Waals surface area contributed by atoms with Crippen molar-refractivity contribution in [2.24, 2.45) is 5.92 Å². The molecule has 2 aromatic carbocycles. The Balaban J connectivity index is 1.37. The van der Waals surface area contributed by atoms with Gasteiger partial charge in [0, 0.05) is 57.1 Å². The van der Waals surface area contributed by atoms with Crippen molar-refractivity contribution in [3.63, 3.8) is 0 Å². The fraction of sp³-hybridized carbons (Fsp3) is 0.481. The molecule has 1 atom stereocenters. The third-order valence-corrected chi connectivity index (χ3v) is 6.84. The minimum absolute atomic E-state index is 0.0275. The maximum atomic E-state index is 13.1. The Morgan fingerprint density at radius 3 is 2.39 bits per heavy atom. The zero-order valence-corrected chi connectivity index (χ0v) is 20.1. The summed E-state index contributed by atoms with van der Waals surface area (Å²) in [5.74, 6) is -0.0924. The second-order valence-electron chi connectivity index (χ2n) is 9.60. The number of piperidine rings is 1. The minimum atomic E-state index is -0.163. The maximum absolute atomic E-state index is 13.1. The molecule has 0 bridgehead atoms. The third-order valence-electron chi connectivity index (χ3n) is 6.84. The van der Waals surface area contributed by atoms with E-state index in [1.54, 1.807) is 0 Å². The number of likely N-dealkylation sites (N-methyl/N-ethyl adjacent to an activating group) is 1. The van der Waals surface area contributed by atoms with Crippen molar-refractivity contribution in [2.75, 3.05) is 51.2 Å². The largest absolute Gasteiger partial charge is 0.369 e. The van der Waals surface area contributed by atoms with E-state index in [0.717, 1.165) is 61.3 Å². The van der Waals surface area contributed by atoms with Gasteiger partial charge >= 0.3 is 0 Å². The van der Waals surface area contributed by atoms with Crippen molar-refractivity contribution in [1.82, 2.24) is 15.1 Å². The second kappa shape index (κ2) is 10.4. The molecule has 2 saturated heterocycles. The van der Waals surface area contributed by atoms with Crippen molar-refractivity contribution in [3.8, 4) is 0 Å². The van der Waals surface area contributed by atoms with Gasteiger partial charge in [-0.2, -0.15) is 0 Å². The number of benzene rings is 2. The van der Waals surface area contributed by atoms with Crippen LogP contribution in [0.4, 0.5) is 5.69 Å². The first kappa shape index (κ1) is 23.3. The molecule has 1 unspecified atom stereocenters. The number of amides is 2. The van der Waals surface area contributed by atoms with Crippen LogP contribution in [-0.2, 0) is 11.3 Å². The van der Waals surface area contributed by atoms with Gasteiger partial charge in [-0.1, -0.05) is 35.4 Å². The zero-order chi connectivity index (χ0) is 23.4. The molecule has 6 heteroatoms. The Hall–Kier alpha value is -2.86. The van der Waals surface area contributed by atoms with E-state index in [1.165, 1.54) is 5.69 Å². The van der Waals surface area contributed by atoms with Crippen LogP contribution >= 0.6 is 0 Å². The summed E-state index contributed by atoms with van der Waals surface area (Å²) in [5, 5.41) is 3.16. The lowest BCUT2D eigenvalue weighted by Gasteiger charge is -2.35. The molecular formula is C27H36N4O2. The van der Waals surface area contributed by atoms with Gasteiger partial charge in [0.05, 0.1) is 5.92 Å². The fourth-order valence-corrected chi connectivity index (χ4v) is 5.00. The van der Waals surface area contributed by atoms with Gasteiger partial charge in [-0.15, -0.1) is 0 Å². The van der Waals surface area contributed by atoms with E-state index in [4.69, 9.17) is 0 Å². The molecule has 6 nitrogen and oxygen atoms in total. The van der Waals surface area contributed by atoms with Crippen LogP contribution in [0.2, 0.25) is 0 Å². The highest BCUT2D eigenvalue weighted by Crippen LogP contribution is 2.23. The molecule has 0 radical (unpaired) electrons. The molecular weight excluding hydrogens is 412 g/mol. The Morgan fingerprint density at radius 1 is 0.970 bits per heavy atom. The lowest BCUT2D eigenvalue weighted by atomic mass is 9.96. The van der Waals surface area contributed by atoms with Crippen LogP contribution in [0, 0.1) is 19.8 Å². The first-order valence-corrected chi connectivity index (χ1v) is 12.1. The average molecular weight is 449 g/mol. The van der Waals surface area contributed by atoms with Gasteiger partial charge < -0.3 is 20.0 Å². The predicted octanol–water partition coefficient (Wildman–Crippen LogP) is 3.22. The SMILES string of the molecule is Cc1cc(C)cc(C(=O)N2CCCC(C(=O)NCc3ccccc3N3CCN(C)CC3)C2)c1. The van der Waals surface area contributed by atoms with Crippen LogP contribution in [-0.4, -0.2) is 67.9 Å². The number of hydrogen-bond donors (Lipinski definition) is 1. The molecule has 2 aliphatic heterocycles. The summed E-state index contributed by atoms with van der Waals surface area (Å²) in [6.07, 6.45) is 1.68. The molecule has 176 valence electrons. The van der Waals surface area contributed by atoms with E-state index in [0.29, 0.717) is 19.6 Å². The number of carbonyl (C=O) groups excluding carboxylic acids is 2. The highest BCUT2D eigenvalue weighted by Gasteiger charge is 2.29. The summed E-state index contributed by atoms with van der Waals surface area (Å²) in [6, 6.07) is 14.3. The van der Waals surface area contributed by atoms with Crippen LogP contribution < -0.4 is 10.2 Å². The molecule has 4 rings (SSSR count). The number of nitrogens with zero attached hydrogens (tertiary/aromatic N) is 3. The number of para-hydroxylation sites is 1. The van der Waals surface area contributed by atoms with Crippen molar-refractivity contribution in [3.05, 3.63) is 64.7 Å². The van der Waals surface area contributed by atoms with Crippen molar-refractivity contribution >= 4 is 17.5 Å². The van der Waals surface area contributed by atoms with Crippen molar-refractivity contribution in [2.45, 2.75) is 33.2 Å². The highest BCUT2D eigenvalue weighted by molar-refractivity contribution is 5.95. The summed E-state index contributed by atoms with van der Waals surface area (Å²) in [5.41, 5.74) is 5.25. The third kappa shape index (κ3) is 5.74. The summed E-state index contributed by atoms with van der Waals surface area (Å²) in [7, 11) is 2.15. The van der Waals surface area contributed by atoms with E-state index < -0.39 is 0 Å². The fourth-order valence-electron chi connectivity index (χ4n) is 5.00. The molecule has 2 fully saturated rings. The molecule has 2 heterocycles. The molecule has 0 spiro atoms. The Kier molecular flexibility index (Phi) is 7.33. The maximum Gasteiger partial charge on any atom is 0.253 e. The van der Waals surface area contributed by atoms with Gasteiger partial charge in [-0.05, 0) is 57.5 Å². The number of hydrogen-bond acceptors (Lipinski definition) is 4. The Bertz CT molecular complexity index is 977. The number of likely N-dealkylation sites (tertiary alicyclic amines) is 1. The van der Waals surface area contributed by atoms with Gasteiger partial charge in [-0.25, -0.2) is 0 Å². The van der Waals surface area contributed by atoms with Crippen LogP contribution in [0.3, 0.4) is 0 Å². The van der Waals surface area contributed by atoms with Crippen LogP contribution in [0.25, 0.3) is 0 Å². The summed E-state index contributed by atoms with van der Waals surface area (Å²) >= 11 is 0. The van der Waals surface area contributed by atoms with E-state index in [9.17, 15) is 9.59 Å². The monoisotopic (exact) mass is 448 g/mol. The number of anilines is 1. The zero-order valence-electron chi connectivity index (χ0n) is 20.1. The summed E-state index contributed by atoms with van der Waals surface area (Å²) < 4.78 is 0. The lowest BCUT2D eigenvalue weighted by molar-refractivity contribution is -0.126. The molecule has 1 N–H and O–H groups in total. The topological polar surface area (TPSA) is 55.9 Å². The molecule has 2 aliphatic rings. The predicted molar refractivity (Wildman–Crippen MR) is 133 cm³/mol. The highest BCUT2D eigenvalue weighted by atomic mass is 16.2. The van der Waals surface area contributed by atoms with E-state index >= 15 is 0 Å². The Morgan fingerprint density at radius 2 is 1.67 bits per heavy atom. The van der Waals surface area contributed by atoms with Crippen LogP contribution in [0.5, 0.6) is 0 Å². The van der Waals surface area contributed by atoms with Gasteiger partial charge in [-0.3, -0.25) is 9.59 Å². The lowest BCUT2D eigenvalue weighted by Crippen LogP contribution is -2.46. The molecule has 0 aliphatic carbocycles. The first-order chi connectivity index (χ1) is 15.9. The molecule has 2 aromatic rings. The van der Waals surface area contributed by atoms with Crippen LogP contribution in [0.15, 0.2) is 42.5 Å². The second-order valence-corrected chi connectivity index (χ2v) is 9.60. The van der Waals surface area contributed by atoms with E-state index in [-0.39, 0.29) is 17.7 Å². The quantitative estimate of drug-likeness (QED) is 0.763. The smallest absolute Gasteiger partial charge is 0.253 e. The normalized spacial score (nSPS) is 19.4. The first-order valence-electron chi connectivity index (χ1n) is 12.1. The van der Waals surface area contributed by atoms with E-state index in [1.807, 2.05) is 36.9 Å². The number of piperazine rings is 1. The minimum Gasteiger partial charge on any atom is -0.369 e. The van der Waals surface area contributed by atoms with Gasteiger partial charge in [0.1, 0.15) is 0 Å². The molecule has 0 saturated carbocycles. The number of rotatable bonds is 5. The van der Waals surface area contributed by atoms with Crippen molar-refractivity contribution < 1.29 is 9.59 Å². The standard InChI is InChI=1S/C27H36N4O2/c1-20-15-21(2)17-24(16-20)27(33)31-10-6-8-23(19-31)26(32)28-18-22-7-4-5-9-25(22)30-13-11-29(3)12-14-30/h4-5,7,9,15-17,23H,6,8,10-14,18-19H2,1-3H3,(H,28,32). The van der Waals surface area contributed by atoms with Gasteiger partial charge in [0.15, 0.2) is 0 Å². The van der Waals surface area contributed by atoms with Crippen molar-refractivity contribution in [1.29, 1.82) is 0 Å². The Labute approximate surface area is 197 Å². The average Bonchev–Trinajstić information content (AvgIpc) is 2.82. The number of carbonyl (C=O) groups is 2. The molecule has 33 heavy (non-hydrogen) atoms. The number of aryl methyl sites for hydroxylation is 2. The molecule has 2 amide bonds. The summed E-state index contributed by atoms with van der Waals surface area (Å²) in [6.45, 7) is 9.83. The molecule has 0 aromatic heterocycles. The van der Waals surface area contributed by atoms with E-state index in [2.05, 4.69) is 46.4 Å². The number of nitrogens with one attached hydrogen (secondary N) is 1. The van der Waals surface area contributed by atoms with Gasteiger partial charge in [0.2, 0.25) is 5.91 Å². The summed E-state index contributed by atoms with van der Waals surface area (Å²) in [4.78, 5) is 32.7.